The Hall–Kier alpha value is -1.12. The van der Waals surface area contributed by atoms with E-state index in [9.17, 15) is 13.6 Å². The molecule has 19 heavy (non-hydrogen) atoms. The van der Waals surface area contributed by atoms with Gasteiger partial charge < -0.3 is 14.7 Å². The molecule has 0 saturated carbocycles. The second-order valence-corrected chi connectivity index (χ2v) is 5.54. The number of rotatable bonds is 7. The molecule has 0 aliphatic rings. The number of thiazole rings is 1. The fraction of sp³-hybridized carbons (Fsp3) is 0.364. The molecule has 0 radical (unpaired) electrons. The maximum atomic E-state index is 12.0. The van der Waals surface area contributed by atoms with Gasteiger partial charge in [0.05, 0.1) is 12.3 Å². The van der Waals surface area contributed by atoms with Gasteiger partial charge in [-0.25, -0.2) is 0 Å². The van der Waals surface area contributed by atoms with E-state index in [1.54, 1.807) is 17.5 Å². The summed E-state index contributed by atoms with van der Waals surface area (Å²) in [6.07, 6.45) is 0. The van der Waals surface area contributed by atoms with Crippen LogP contribution in [0.1, 0.15) is 17.2 Å². The molecule has 0 unspecified atom stereocenters. The normalized spacial score (nSPS) is 11.3. The zero-order valence-electron chi connectivity index (χ0n) is 9.82. The predicted molar refractivity (Wildman–Crippen MR) is 71.5 cm³/mol. The van der Waals surface area contributed by atoms with E-state index in [2.05, 4.69) is 10.3 Å². The Kier molecular flexibility index (Phi) is 5.17. The lowest BCUT2D eigenvalue weighted by Gasteiger charge is -2.00. The van der Waals surface area contributed by atoms with Crippen LogP contribution < -0.4 is 10.2 Å². The van der Waals surface area contributed by atoms with Gasteiger partial charge in [0.1, 0.15) is 11.5 Å². The number of halogens is 2. The highest BCUT2D eigenvalue weighted by Gasteiger charge is 2.07. The highest BCUT2D eigenvalue weighted by Crippen LogP contribution is 2.21. The third-order valence-corrected chi connectivity index (χ3v) is 3.68. The van der Waals surface area contributed by atoms with Crippen LogP contribution in [0.4, 0.5) is 8.78 Å². The van der Waals surface area contributed by atoms with Gasteiger partial charge in [0.15, 0.2) is 0 Å². The average molecular weight is 306 g/mol. The molecular formula is C11H12F2N2O2S2. The molecule has 0 aliphatic carbocycles. The van der Waals surface area contributed by atoms with Crippen LogP contribution in [0, 0.1) is 0 Å². The third kappa shape index (κ3) is 4.81. The summed E-state index contributed by atoms with van der Waals surface area (Å²) in [4.78, 5) is 13.5. The number of alkyl halides is 2. The van der Waals surface area contributed by atoms with Crippen molar-refractivity contribution in [3.05, 3.63) is 44.4 Å². The summed E-state index contributed by atoms with van der Waals surface area (Å²) >= 11 is 1.65. The molecule has 0 fully saturated rings. The Bertz CT molecular complexity index is 565. The van der Waals surface area contributed by atoms with Crippen molar-refractivity contribution in [2.75, 3.05) is 0 Å². The van der Waals surface area contributed by atoms with E-state index in [0.29, 0.717) is 36.4 Å². The van der Waals surface area contributed by atoms with E-state index in [-0.39, 0.29) is 10.6 Å². The monoisotopic (exact) mass is 306 g/mol. The zero-order chi connectivity index (χ0) is 13.7. The second kappa shape index (κ2) is 6.88. The molecule has 0 amide bonds. The maximum absolute atomic E-state index is 12.0. The summed E-state index contributed by atoms with van der Waals surface area (Å²) in [5.74, 6) is -1.01. The summed E-state index contributed by atoms with van der Waals surface area (Å²) in [5, 5.41) is 4.85. The largest absolute Gasteiger partial charge is 0.464 e. The Balaban J connectivity index is 1.75. The van der Waals surface area contributed by atoms with E-state index in [1.807, 2.05) is 0 Å². The van der Waals surface area contributed by atoms with Gasteiger partial charge in [-0.05, 0) is 12.1 Å². The quantitative estimate of drug-likeness (QED) is 0.826. The highest BCUT2D eigenvalue weighted by molar-refractivity contribution is 7.98. The maximum Gasteiger partial charge on any atom is 0.304 e. The standard InChI is InChI=1S/C11H12F2N2O2S2/c12-10(13)18-6-9-2-1-8(17-9)4-14-3-7-5-19-11(16)15-7/h1-2,5,10,14H,3-4,6H2,(H,15,16). The minimum Gasteiger partial charge on any atom is -0.464 e. The molecule has 0 atom stereocenters. The second-order valence-electron chi connectivity index (χ2n) is 3.72. The number of aromatic amines is 1. The van der Waals surface area contributed by atoms with Gasteiger partial charge in [-0.1, -0.05) is 23.1 Å². The van der Waals surface area contributed by atoms with E-state index in [4.69, 9.17) is 4.42 Å². The molecule has 0 saturated heterocycles. The molecule has 2 heterocycles. The van der Waals surface area contributed by atoms with Crippen molar-refractivity contribution in [3.8, 4) is 0 Å². The van der Waals surface area contributed by atoms with Crippen LogP contribution in [0.15, 0.2) is 26.7 Å². The van der Waals surface area contributed by atoms with Crippen LogP contribution in [0.3, 0.4) is 0 Å². The van der Waals surface area contributed by atoms with Crippen LogP contribution in [-0.2, 0) is 18.8 Å². The summed E-state index contributed by atoms with van der Waals surface area (Å²) in [6, 6.07) is 3.45. The summed E-state index contributed by atoms with van der Waals surface area (Å²) in [6.45, 7) is 1.01. The molecule has 0 spiro atoms. The number of hydrogen-bond acceptors (Lipinski definition) is 5. The average Bonchev–Trinajstić information content (AvgIpc) is 2.96. The van der Waals surface area contributed by atoms with Crippen LogP contribution in [-0.4, -0.2) is 10.7 Å². The summed E-state index contributed by atoms with van der Waals surface area (Å²) in [5.41, 5.74) is 0.815. The molecule has 0 aromatic carbocycles. The van der Waals surface area contributed by atoms with Crippen molar-refractivity contribution >= 4 is 23.1 Å². The molecule has 4 nitrogen and oxygen atoms in total. The number of H-pyrrole nitrogens is 1. The molecule has 2 rings (SSSR count). The number of hydrogen-bond donors (Lipinski definition) is 2. The van der Waals surface area contributed by atoms with Crippen molar-refractivity contribution in [1.29, 1.82) is 0 Å². The smallest absolute Gasteiger partial charge is 0.304 e. The van der Waals surface area contributed by atoms with Crippen LogP contribution >= 0.6 is 23.1 Å². The first-order valence-corrected chi connectivity index (χ1v) is 7.41. The predicted octanol–water partition coefficient (Wildman–Crippen LogP) is 2.78. The molecule has 8 heteroatoms. The number of thioether (sulfide) groups is 1. The molecular weight excluding hydrogens is 294 g/mol. The van der Waals surface area contributed by atoms with Gasteiger partial charge in [0.25, 0.3) is 5.76 Å². The molecule has 2 aromatic rings. The Morgan fingerprint density at radius 1 is 1.37 bits per heavy atom. The fourth-order valence-corrected chi connectivity index (χ4v) is 2.49. The molecule has 104 valence electrons. The Morgan fingerprint density at radius 3 is 2.84 bits per heavy atom. The fourth-order valence-electron chi connectivity index (χ4n) is 1.46. The highest BCUT2D eigenvalue weighted by atomic mass is 32.2. The van der Waals surface area contributed by atoms with Gasteiger partial charge in [-0.3, -0.25) is 4.79 Å². The van der Waals surface area contributed by atoms with Crippen LogP contribution in [0.5, 0.6) is 0 Å². The lowest BCUT2D eigenvalue weighted by molar-refractivity contribution is 0.251. The topological polar surface area (TPSA) is 58.0 Å². The molecule has 0 bridgehead atoms. The van der Waals surface area contributed by atoms with E-state index in [0.717, 1.165) is 17.0 Å². The Morgan fingerprint density at radius 2 is 2.16 bits per heavy atom. The van der Waals surface area contributed by atoms with Gasteiger partial charge in [-0.15, -0.1) is 0 Å². The number of aromatic nitrogens is 1. The Labute approximate surface area is 116 Å². The van der Waals surface area contributed by atoms with E-state index < -0.39 is 5.76 Å². The van der Waals surface area contributed by atoms with Gasteiger partial charge in [-0.2, -0.15) is 8.78 Å². The first-order chi connectivity index (χ1) is 9.13. The van der Waals surface area contributed by atoms with Gasteiger partial charge >= 0.3 is 4.87 Å². The lowest BCUT2D eigenvalue weighted by Crippen LogP contribution is -2.13. The van der Waals surface area contributed by atoms with Crippen molar-refractivity contribution in [1.82, 2.24) is 10.3 Å². The molecule has 0 aliphatic heterocycles. The first kappa shape index (κ1) is 14.3. The first-order valence-electron chi connectivity index (χ1n) is 5.48. The van der Waals surface area contributed by atoms with Crippen molar-refractivity contribution in [2.24, 2.45) is 0 Å². The minimum absolute atomic E-state index is 0.0823. The summed E-state index contributed by atoms with van der Waals surface area (Å²) in [7, 11) is 0. The van der Waals surface area contributed by atoms with E-state index in [1.165, 1.54) is 0 Å². The molecule has 2 N–H and O–H groups in total. The SMILES string of the molecule is O=c1[nH]c(CNCc2ccc(CSC(F)F)o2)cs1. The van der Waals surface area contributed by atoms with Crippen molar-refractivity contribution < 1.29 is 13.2 Å². The molecule has 2 aromatic heterocycles. The van der Waals surface area contributed by atoms with Gasteiger partial charge in [0.2, 0.25) is 0 Å². The minimum atomic E-state index is -2.39. The van der Waals surface area contributed by atoms with Gasteiger partial charge in [0, 0.05) is 17.6 Å². The van der Waals surface area contributed by atoms with Crippen molar-refractivity contribution in [3.63, 3.8) is 0 Å². The summed E-state index contributed by atoms with van der Waals surface area (Å²) < 4.78 is 29.4. The third-order valence-electron chi connectivity index (χ3n) is 2.25. The zero-order valence-corrected chi connectivity index (χ0v) is 11.5. The number of furan rings is 1. The van der Waals surface area contributed by atoms with Crippen LogP contribution in [0.2, 0.25) is 0 Å². The van der Waals surface area contributed by atoms with Crippen molar-refractivity contribution in [2.45, 2.75) is 24.6 Å². The van der Waals surface area contributed by atoms with Crippen LogP contribution in [0.25, 0.3) is 0 Å². The lowest BCUT2D eigenvalue weighted by atomic mass is 10.4. The van der Waals surface area contributed by atoms with E-state index >= 15 is 0 Å². The number of nitrogens with one attached hydrogen (secondary N) is 2.